The van der Waals surface area contributed by atoms with Crippen LogP contribution in [0, 0.1) is 11.3 Å². The summed E-state index contributed by atoms with van der Waals surface area (Å²) >= 11 is 0. The van der Waals surface area contributed by atoms with Gasteiger partial charge >= 0.3 is 0 Å². The van der Waals surface area contributed by atoms with E-state index >= 15 is 0 Å². The van der Waals surface area contributed by atoms with Crippen molar-refractivity contribution in [1.82, 2.24) is 0 Å². The van der Waals surface area contributed by atoms with Gasteiger partial charge < -0.3 is 0 Å². The monoisotopic (exact) mass is 550 g/mol. The molecule has 0 amide bonds. The van der Waals surface area contributed by atoms with Crippen LogP contribution in [0.1, 0.15) is 100 Å². The Kier molecular flexibility index (Phi) is 12.2. The van der Waals surface area contributed by atoms with Gasteiger partial charge in [0, 0.05) is 12.5 Å². The third kappa shape index (κ3) is 10.1. The number of likely N-dealkylation sites (N-methyl/N-ethyl adjacent to an activating group) is 1. The molecule has 3 aliphatic rings. The van der Waals surface area contributed by atoms with Crippen LogP contribution in [0.4, 0.5) is 0 Å². The lowest BCUT2D eigenvalue weighted by atomic mass is 9.72. The normalized spacial score (nSPS) is 25.3. The summed E-state index contributed by atoms with van der Waals surface area (Å²) in [4.78, 5) is 0. The third-order valence-electron chi connectivity index (χ3n) is 9.13. The fraction of sp³-hybridized carbons (Fsp3) is 0.475. The van der Waals surface area contributed by atoms with Gasteiger partial charge in [-0.05, 0) is 113 Å². The van der Waals surface area contributed by atoms with E-state index in [1.54, 1.807) is 11.1 Å². The van der Waals surface area contributed by atoms with Gasteiger partial charge in [0.25, 0.3) is 0 Å². The summed E-state index contributed by atoms with van der Waals surface area (Å²) in [6.45, 7) is 18.3. The van der Waals surface area contributed by atoms with Crippen molar-refractivity contribution >= 4 is 6.21 Å². The predicted molar refractivity (Wildman–Crippen MR) is 183 cm³/mol. The van der Waals surface area contributed by atoms with E-state index in [4.69, 9.17) is 0 Å². The van der Waals surface area contributed by atoms with Gasteiger partial charge in [0.2, 0.25) is 0 Å². The quantitative estimate of drug-likeness (QED) is 0.198. The van der Waals surface area contributed by atoms with Gasteiger partial charge in [-0.15, -0.1) is 0 Å². The Hall–Kier alpha value is -2.93. The Labute approximate surface area is 252 Å². The van der Waals surface area contributed by atoms with Crippen LogP contribution in [0.2, 0.25) is 0 Å². The van der Waals surface area contributed by atoms with Crippen LogP contribution in [-0.4, -0.2) is 23.9 Å². The van der Waals surface area contributed by atoms with Gasteiger partial charge in [-0.1, -0.05) is 104 Å². The number of hydrogen-bond donors (Lipinski definition) is 0. The van der Waals surface area contributed by atoms with Crippen molar-refractivity contribution in [3.8, 4) is 0 Å². The predicted octanol–water partition coefficient (Wildman–Crippen LogP) is 11.1. The first-order chi connectivity index (χ1) is 19.5. The van der Waals surface area contributed by atoms with E-state index in [9.17, 15) is 0 Å². The minimum Gasteiger partial charge on any atom is -0.232 e. The lowest BCUT2D eigenvalue weighted by Crippen LogP contribution is -2.25. The highest BCUT2D eigenvalue weighted by molar-refractivity contribution is 5.69. The van der Waals surface area contributed by atoms with Crippen molar-refractivity contribution < 1.29 is 4.58 Å². The Morgan fingerprint density at radius 1 is 0.854 bits per heavy atom. The summed E-state index contributed by atoms with van der Waals surface area (Å²) in [6, 6.07) is 0.366. The minimum atomic E-state index is 0.288. The van der Waals surface area contributed by atoms with Crippen LogP contribution in [0.25, 0.3) is 0 Å². The van der Waals surface area contributed by atoms with E-state index in [2.05, 4.69) is 146 Å². The molecule has 2 atom stereocenters. The van der Waals surface area contributed by atoms with Crippen molar-refractivity contribution in [2.45, 2.75) is 106 Å². The fourth-order valence-electron chi connectivity index (χ4n) is 6.37. The molecule has 0 N–H and O–H groups in total. The molecule has 1 nitrogen and oxygen atoms in total. The number of nitrogens with zero attached hydrogens (tertiary/aromatic N) is 1. The highest BCUT2D eigenvalue weighted by Gasteiger charge is 2.26. The van der Waals surface area contributed by atoms with Crippen LogP contribution in [-0.2, 0) is 0 Å². The first-order valence-electron chi connectivity index (χ1n) is 15.9. The highest BCUT2D eigenvalue weighted by Crippen LogP contribution is 2.40. The summed E-state index contributed by atoms with van der Waals surface area (Å²) in [6.07, 6.45) is 38.2. The largest absolute Gasteiger partial charge is 0.232 e. The van der Waals surface area contributed by atoms with E-state index in [0.717, 1.165) is 6.42 Å². The molecule has 0 aromatic rings. The maximum atomic E-state index is 2.39. The molecule has 2 unspecified atom stereocenters. The van der Waals surface area contributed by atoms with Gasteiger partial charge in [-0.25, -0.2) is 4.58 Å². The number of hydrogen-bond acceptors (Lipinski definition) is 0. The van der Waals surface area contributed by atoms with E-state index in [1.807, 2.05) is 0 Å². The summed E-state index contributed by atoms with van der Waals surface area (Å²) in [5.41, 5.74) is 11.7. The summed E-state index contributed by atoms with van der Waals surface area (Å²) in [7, 11) is 2.17. The molecule has 0 bridgehead atoms. The Balaban J connectivity index is 1.57. The van der Waals surface area contributed by atoms with Crippen LogP contribution in [0.5, 0.6) is 0 Å². The molecule has 0 fully saturated rings. The molecular formula is C40H56N+. The number of allylic oxidation sites excluding steroid dienone is 18. The molecule has 2 aliphatic carbocycles. The summed E-state index contributed by atoms with van der Waals surface area (Å²) in [5, 5.41) is 0. The lowest BCUT2D eigenvalue weighted by molar-refractivity contribution is -0.521. The second kappa shape index (κ2) is 15.3. The molecule has 0 saturated carbocycles. The molecule has 1 aliphatic heterocycles. The molecule has 0 aromatic heterocycles. The molecule has 0 aromatic carbocycles. The second-order valence-electron chi connectivity index (χ2n) is 13.4. The van der Waals surface area contributed by atoms with Crippen molar-refractivity contribution in [2.75, 3.05) is 7.05 Å². The van der Waals surface area contributed by atoms with Gasteiger partial charge in [0.15, 0.2) is 12.3 Å². The molecule has 0 saturated heterocycles. The minimum absolute atomic E-state index is 0.288. The average molecular weight is 551 g/mol. The molecule has 3 rings (SSSR count). The zero-order chi connectivity index (χ0) is 30.0. The Morgan fingerprint density at radius 2 is 1.54 bits per heavy atom. The molecule has 1 heterocycles. The smallest absolute Gasteiger partial charge is 0.175 e. The van der Waals surface area contributed by atoms with Gasteiger partial charge in [0.05, 0.1) is 0 Å². The van der Waals surface area contributed by atoms with E-state index < -0.39 is 0 Å². The van der Waals surface area contributed by atoms with E-state index in [-0.39, 0.29) is 5.41 Å². The van der Waals surface area contributed by atoms with E-state index in [1.165, 1.54) is 72.0 Å². The first kappa shape index (κ1) is 32.6. The zero-order valence-electron chi connectivity index (χ0n) is 27.6. The maximum Gasteiger partial charge on any atom is 0.175 e. The van der Waals surface area contributed by atoms with Gasteiger partial charge in [-0.2, -0.15) is 0 Å². The van der Waals surface area contributed by atoms with Crippen LogP contribution < -0.4 is 0 Å². The molecule has 41 heavy (non-hydrogen) atoms. The summed E-state index contributed by atoms with van der Waals surface area (Å²) in [5.74, 6) is 0.685. The van der Waals surface area contributed by atoms with Gasteiger partial charge in [-0.3, -0.25) is 0 Å². The topological polar surface area (TPSA) is 3.01 Å². The molecule has 0 spiro atoms. The second-order valence-corrected chi connectivity index (χ2v) is 13.4. The third-order valence-corrected chi connectivity index (χ3v) is 9.13. The van der Waals surface area contributed by atoms with Crippen molar-refractivity contribution in [2.24, 2.45) is 11.3 Å². The maximum absolute atomic E-state index is 2.39. The fourth-order valence-corrected chi connectivity index (χ4v) is 6.37. The highest BCUT2D eigenvalue weighted by atomic mass is 15.0. The SMILES string of the molecule is CC1=C(/C=C/C(C)=C/C=C/C2=CC=[N+](C)C(/C=C(C)/C=C/C=C(C)/C=C/C3=C(C)CCCC3(C)C)C2)C(C)CCC1. The molecule has 220 valence electrons. The van der Waals surface area contributed by atoms with Crippen LogP contribution in [0.15, 0.2) is 117 Å². The lowest BCUT2D eigenvalue weighted by Gasteiger charge is -2.32. The average Bonchev–Trinajstić information content (AvgIpc) is 2.89. The molecule has 1 heteroatoms. The van der Waals surface area contributed by atoms with Crippen molar-refractivity contribution in [3.63, 3.8) is 0 Å². The van der Waals surface area contributed by atoms with Crippen LogP contribution >= 0.6 is 0 Å². The Bertz CT molecular complexity index is 1290. The van der Waals surface area contributed by atoms with Crippen molar-refractivity contribution in [3.05, 3.63) is 117 Å². The van der Waals surface area contributed by atoms with E-state index in [0.29, 0.717) is 12.0 Å². The van der Waals surface area contributed by atoms with Gasteiger partial charge in [0.1, 0.15) is 7.05 Å². The first-order valence-corrected chi connectivity index (χ1v) is 15.9. The molecular weight excluding hydrogens is 494 g/mol. The summed E-state index contributed by atoms with van der Waals surface area (Å²) < 4.78 is 2.31. The number of rotatable bonds is 9. The standard InChI is InChI=1S/C40H56N/c1-30(21-23-38-33(4)17-12-18-34(38)5)15-11-20-36-25-27-41(9)37(29-36)28-32(3)16-10-14-31(2)22-24-39-35(6)19-13-26-40(39,7)8/h10-11,14-16,20-25,27-28,33,37H,12-13,17-19,26,29H2,1-9H3/q+1/b16-10+,20-11+,23-21+,24-22+,30-15+,31-14+,32-28+. The Morgan fingerprint density at radius 3 is 2.24 bits per heavy atom. The molecule has 0 radical (unpaired) electrons. The van der Waals surface area contributed by atoms with Crippen molar-refractivity contribution in [1.29, 1.82) is 0 Å². The zero-order valence-corrected chi connectivity index (χ0v) is 27.6. The van der Waals surface area contributed by atoms with Crippen LogP contribution in [0.3, 0.4) is 0 Å².